The van der Waals surface area contributed by atoms with Gasteiger partial charge in [0.05, 0.1) is 0 Å². The van der Waals surface area contributed by atoms with Crippen LogP contribution in [0, 0.1) is 0 Å². The van der Waals surface area contributed by atoms with Crippen molar-refractivity contribution in [2.24, 2.45) is 0 Å². The van der Waals surface area contributed by atoms with Crippen LogP contribution in [0.15, 0.2) is 54.6 Å². The Kier molecular flexibility index (Phi) is 4.23. The van der Waals surface area contributed by atoms with Crippen LogP contribution in [0.4, 0.5) is 0 Å². The quantitative estimate of drug-likeness (QED) is 0.726. The number of hydrogen-bond acceptors (Lipinski definition) is 3. The molecule has 2 nitrogen and oxygen atoms in total. The third kappa shape index (κ3) is 3.43. The largest absolute Gasteiger partial charge is 0.508 e. The van der Waals surface area contributed by atoms with E-state index >= 15 is 0 Å². The fourth-order valence-electron chi connectivity index (χ4n) is 2.41. The molecule has 0 radical (unpaired) electrons. The summed E-state index contributed by atoms with van der Waals surface area (Å²) in [6, 6.07) is 18.6. The molecule has 0 fully saturated rings. The van der Waals surface area contributed by atoms with E-state index in [1.54, 1.807) is 12.1 Å². The van der Waals surface area contributed by atoms with Gasteiger partial charge in [-0.3, -0.25) is 0 Å². The predicted molar refractivity (Wildman–Crippen MR) is 90.1 cm³/mol. The van der Waals surface area contributed by atoms with Gasteiger partial charge in [0.1, 0.15) is 5.75 Å². The smallest absolute Gasteiger partial charge is 0.115 e. The molecule has 0 aliphatic carbocycles. The summed E-state index contributed by atoms with van der Waals surface area (Å²) in [6.07, 6.45) is 0.968. The average Bonchev–Trinajstić information content (AvgIpc) is 2.93. The lowest BCUT2D eigenvalue weighted by Crippen LogP contribution is -2.20. The second-order valence-corrected chi connectivity index (χ2v) is 6.39. The van der Waals surface area contributed by atoms with E-state index in [0.29, 0.717) is 11.8 Å². The summed E-state index contributed by atoms with van der Waals surface area (Å²) in [7, 11) is 0. The summed E-state index contributed by atoms with van der Waals surface area (Å²) < 4.78 is 1.35. The zero-order chi connectivity index (χ0) is 14.7. The molecule has 2 aromatic carbocycles. The molecular weight excluding hydrogens is 278 g/mol. The first kappa shape index (κ1) is 14.1. The van der Waals surface area contributed by atoms with Crippen LogP contribution >= 0.6 is 11.3 Å². The van der Waals surface area contributed by atoms with Crippen molar-refractivity contribution in [3.05, 3.63) is 65.0 Å². The maximum atomic E-state index is 9.27. The molecule has 2 N–H and O–H groups in total. The molecule has 0 aliphatic rings. The van der Waals surface area contributed by atoms with Crippen LogP contribution in [0.25, 0.3) is 10.1 Å². The van der Waals surface area contributed by atoms with Gasteiger partial charge in [-0.05, 0) is 55.1 Å². The fraction of sp³-hybridized carbons (Fsp3) is 0.222. The molecule has 0 saturated heterocycles. The van der Waals surface area contributed by atoms with Crippen LogP contribution in [-0.2, 0) is 6.42 Å². The SMILES string of the molecule is CC(NCCc1ccc(O)cc1)c1cc2ccccc2s1. The summed E-state index contributed by atoms with van der Waals surface area (Å²) >= 11 is 1.86. The number of phenolic OH excluding ortho intramolecular Hbond substituents is 1. The fourth-order valence-corrected chi connectivity index (χ4v) is 3.50. The van der Waals surface area contributed by atoms with E-state index in [4.69, 9.17) is 0 Å². The van der Waals surface area contributed by atoms with Crippen molar-refractivity contribution in [3.63, 3.8) is 0 Å². The number of aromatic hydroxyl groups is 1. The number of nitrogens with one attached hydrogen (secondary N) is 1. The minimum atomic E-state index is 0.324. The van der Waals surface area contributed by atoms with E-state index in [1.165, 1.54) is 20.5 Å². The minimum Gasteiger partial charge on any atom is -0.508 e. The highest BCUT2D eigenvalue weighted by Crippen LogP contribution is 2.29. The monoisotopic (exact) mass is 297 g/mol. The summed E-state index contributed by atoms with van der Waals surface area (Å²) in [5, 5.41) is 14.2. The average molecular weight is 297 g/mol. The van der Waals surface area contributed by atoms with Crippen molar-refractivity contribution < 1.29 is 5.11 Å². The van der Waals surface area contributed by atoms with Crippen LogP contribution in [0.2, 0.25) is 0 Å². The van der Waals surface area contributed by atoms with Crippen molar-refractivity contribution in [3.8, 4) is 5.75 Å². The zero-order valence-electron chi connectivity index (χ0n) is 12.0. The molecule has 0 spiro atoms. The Bertz CT molecular complexity index is 684. The first-order valence-electron chi connectivity index (χ1n) is 7.22. The highest BCUT2D eigenvalue weighted by molar-refractivity contribution is 7.19. The minimum absolute atomic E-state index is 0.324. The molecule has 1 atom stereocenters. The van der Waals surface area contributed by atoms with E-state index in [2.05, 4.69) is 42.6 Å². The van der Waals surface area contributed by atoms with Gasteiger partial charge in [-0.1, -0.05) is 30.3 Å². The van der Waals surface area contributed by atoms with Gasteiger partial charge in [-0.15, -0.1) is 11.3 Å². The van der Waals surface area contributed by atoms with Crippen LogP contribution in [0.1, 0.15) is 23.4 Å². The van der Waals surface area contributed by atoms with Crippen LogP contribution < -0.4 is 5.32 Å². The Morgan fingerprint density at radius 3 is 2.62 bits per heavy atom. The maximum Gasteiger partial charge on any atom is 0.115 e. The van der Waals surface area contributed by atoms with Gasteiger partial charge in [-0.25, -0.2) is 0 Å². The lowest BCUT2D eigenvalue weighted by molar-refractivity contribution is 0.475. The Hall–Kier alpha value is -1.84. The molecule has 3 rings (SSSR count). The third-order valence-corrected chi connectivity index (χ3v) is 4.97. The summed E-state index contributed by atoms with van der Waals surface area (Å²) in [6.45, 7) is 3.14. The zero-order valence-corrected chi connectivity index (χ0v) is 12.9. The van der Waals surface area contributed by atoms with Crippen molar-refractivity contribution in [2.45, 2.75) is 19.4 Å². The van der Waals surface area contributed by atoms with E-state index < -0.39 is 0 Å². The predicted octanol–water partition coefficient (Wildman–Crippen LogP) is 4.50. The van der Waals surface area contributed by atoms with Gasteiger partial charge in [-0.2, -0.15) is 0 Å². The Morgan fingerprint density at radius 2 is 1.86 bits per heavy atom. The highest BCUT2D eigenvalue weighted by Gasteiger charge is 2.08. The lowest BCUT2D eigenvalue weighted by Gasteiger charge is -2.11. The number of rotatable bonds is 5. The normalized spacial score (nSPS) is 12.6. The van der Waals surface area contributed by atoms with Crippen molar-refractivity contribution in [1.82, 2.24) is 5.32 Å². The summed E-state index contributed by atoms with van der Waals surface area (Å²) in [5.41, 5.74) is 1.24. The molecule has 108 valence electrons. The van der Waals surface area contributed by atoms with Gasteiger partial charge in [0.2, 0.25) is 0 Å². The van der Waals surface area contributed by atoms with E-state index in [-0.39, 0.29) is 0 Å². The molecule has 1 heterocycles. The van der Waals surface area contributed by atoms with Crippen molar-refractivity contribution >= 4 is 21.4 Å². The van der Waals surface area contributed by atoms with E-state index in [1.807, 2.05) is 23.5 Å². The highest BCUT2D eigenvalue weighted by atomic mass is 32.1. The Balaban J connectivity index is 1.58. The van der Waals surface area contributed by atoms with Gasteiger partial charge >= 0.3 is 0 Å². The van der Waals surface area contributed by atoms with Crippen LogP contribution in [-0.4, -0.2) is 11.7 Å². The number of fused-ring (bicyclic) bond motifs is 1. The molecule has 1 aromatic heterocycles. The summed E-state index contributed by atoms with van der Waals surface area (Å²) in [5.74, 6) is 0.324. The van der Waals surface area contributed by atoms with Gasteiger partial charge in [0.15, 0.2) is 0 Å². The number of benzene rings is 2. The maximum absolute atomic E-state index is 9.27. The number of phenols is 1. The molecule has 1 unspecified atom stereocenters. The van der Waals surface area contributed by atoms with Gasteiger partial charge < -0.3 is 10.4 Å². The molecule has 21 heavy (non-hydrogen) atoms. The molecule has 3 heteroatoms. The summed E-state index contributed by atoms with van der Waals surface area (Å²) in [4.78, 5) is 1.38. The van der Waals surface area contributed by atoms with Crippen molar-refractivity contribution in [1.29, 1.82) is 0 Å². The number of thiophene rings is 1. The lowest BCUT2D eigenvalue weighted by atomic mass is 10.1. The molecule has 0 aliphatic heterocycles. The molecule has 0 bridgehead atoms. The van der Waals surface area contributed by atoms with Crippen LogP contribution in [0.5, 0.6) is 5.75 Å². The first-order valence-corrected chi connectivity index (χ1v) is 8.04. The van der Waals surface area contributed by atoms with Crippen LogP contribution in [0.3, 0.4) is 0 Å². The molecule has 0 amide bonds. The van der Waals surface area contributed by atoms with Gasteiger partial charge in [0, 0.05) is 15.6 Å². The molecular formula is C18H19NOS. The molecule has 3 aromatic rings. The third-order valence-electron chi connectivity index (χ3n) is 3.67. The molecule has 0 saturated carbocycles. The van der Waals surface area contributed by atoms with E-state index in [9.17, 15) is 5.11 Å². The van der Waals surface area contributed by atoms with Crippen molar-refractivity contribution in [2.75, 3.05) is 6.54 Å². The van der Waals surface area contributed by atoms with E-state index in [0.717, 1.165) is 13.0 Å². The Labute approximate surface area is 129 Å². The Morgan fingerprint density at radius 1 is 1.10 bits per heavy atom. The number of hydrogen-bond donors (Lipinski definition) is 2. The first-order chi connectivity index (χ1) is 10.2. The standard InChI is InChI=1S/C18H19NOS/c1-13(18-12-15-4-2-3-5-17(15)21-18)19-11-10-14-6-8-16(20)9-7-14/h2-9,12-13,19-20H,10-11H2,1H3. The second-order valence-electron chi connectivity index (χ2n) is 5.28. The topological polar surface area (TPSA) is 32.3 Å². The van der Waals surface area contributed by atoms with Gasteiger partial charge in [0.25, 0.3) is 0 Å². The second kappa shape index (κ2) is 6.29.